The maximum Gasteiger partial charge on any atom is 0.223 e. The highest BCUT2D eigenvalue weighted by molar-refractivity contribution is 5.76. The molecule has 0 aromatic heterocycles. The molecule has 17 heavy (non-hydrogen) atoms. The lowest BCUT2D eigenvalue weighted by molar-refractivity contribution is -0.132. The smallest absolute Gasteiger partial charge is 0.223 e. The van der Waals surface area contributed by atoms with Gasteiger partial charge in [0.1, 0.15) is 0 Å². The van der Waals surface area contributed by atoms with Crippen LogP contribution in [-0.2, 0) is 4.79 Å². The lowest BCUT2D eigenvalue weighted by atomic mass is 10.1. The lowest BCUT2D eigenvalue weighted by Gasteiger charge is -2.27. The molecule has 4 nitrogen and oxygen atoms in total. The summed E-state index contributed by atoms with van der Waals surface area (Å²) in [7, 11) is 0. The molecule has 0 spiro atoms. The van der Waals surface area contributed by atoms with E-state index >= 15 is 0 Å². The van der Waals surface area contributed by atoms with Crippen molar-refractivity contribution in [2.75, 3.05) is 19.6 Å². The van der Waals surface area contributed by atoms with Crippen molar-refractivity contribution in [1.29, 1.82) is 0 Å². The van der Waals surface area contributed by atoms with Crippen molar-refractivity contribution in [2.45, 2.75) is 57.1 Å². The number of nitrogens with zero attached hydrogens (tertiary/aromatic N) is 1. The minimum Gasteiger partial charge on any atom is -0.392 e. The molecule has 1 saturated heterocycles. The summed E-state index contributed by atoms with van der Waals surface area (Å²) >= 11 is 0. The Morgan fingerprint density at radius 3 is 2.59 bits per heavy atom. The molecular weight excluding hydrogens is 216 g/mol. The Morgan fingerprint density at radius 2 is 1.94 bits per heavy atom. The summed E-state index contributed by atoms with van der Waals surface area (Å²) in [5.41, 5.74) is 0. The first-order valence-electron chi connectivity index (χ1n) is 6.96. The van der Waals surface area contributed by atoms with Gasteiger partial charge in [0, 0.05) is 32.1 Å². The van der Waals surface area contributed by atoms with Crippen LogP contribution < -0.4 is 5.32 Å². The predicted octanol–water partition coefficient (Wildman–Crippen LogP) is 0.892. The molecule has 2 N–H and O–H groups in total. The van der Waals surface area contributed by atoms with Gasteiger partial charge in [-0.25, -0.2) is 0 Å². The molecule has 2 aliphatic rings. The van der Waals surface area contributed by atoms with E-state index in [1.165, 1.54) is 6.42 Å². The number of hydrogen-bond acceptors (Lipinski definition) is 3. The van der Waals surface area contributed by atoms with Gasteiger partial charge in [-0.1, -0.05) is 0 Å². The fourth-order valence-electron chi connectivity index (χ4n) is 2.84. The second-order valence-electron chi connectivity index (χ2n) is 5.25. The summed E-state index contributed by atoms with van der Waals surface area (Å²) in [4.78, 5) is 13.9. The van der Waals surface area contributed by atoms with E-state index in [0.29, 0.717) is 13.0 Å². The lowest BCUT2D eigenvalue weighted by Crippen LogP contribution is -2.40. The molecule has 0 bridgehead atoms. The molecule has 0 aromatic carbocycles. The molecule has 2 fully saturated rings. The van der Waals surface area contributed by atoms with E-state index in [9.17, 15) is 9.90 Å². The van der Waals surface area contributed by atoms with Crippen LogP contribution in [0.25, 0.3) is 0 Å². The highest BCUT2D eigenvalue weighted by Crippen LogP contribution is 2.18. The molecule has 0 aromatic rings. The average molecular weight is 240 g/mol. The van der Waals surface area contributed by atoms with Gasteiger partial charge < -0.3 is 15.3 Å². The number of rotatable bonds is 4. The topological polar surface area (TPSA) is 52.6 Å². The van der Waals surface area contributed by atoms with Crippen molar-refractivity contribution in [3.8, 4) is 0 Å². The number of piperidine rings is 1. The van der Waals surface area contributed by atoms with Gasteiger partial charge in [-0.05, 0) is 38.5 Å². The number of nitrogens with one attached hydrogen (secondary N) is 1. The van der Waals surface area contributed by atoms with E-state index < -0.39 is 0 Å². The van der Waals surface area contributed by atoms with Gasteiger partial charge in [0.05, 0.1) is 6.10 Å². The van der Waals surface area contributed by atoms with Crippen LogP contribution in [0.3, 0.4) is 0 Å². The first-order valence-corrected chi connectivity index (χ1v) is 6.96. The van der Waals surface area contributed by atoms with E-state index in [1.807, 2.05) is 4.90 Å². The van der Waals surface area contributed by atoms with Gasteiger partial charge in [-0.2, -0.15) is 0 Å². The third-order valence-corrected chi connectivity index (χ3v) is 3.93. The number of carbonyl (C=O) groups excluding carboxylic acids is 1. The number of amides is 1. The summed E-state index contributed by atoms with van der Waals surface area (Å²) < 4.78 is 0. The fourth-order valence-corrected chi connectivity index (χ4v) is 2.84. The zero-order valence-corrected chi connectivity index (χ0v) is 10.5. The summed E-state index contributed by atoms with van der Waals surface area (Å²) in [5, 5.41) is 12.9. The standard InChI is InChI=1S/C13H24N2O2/c16-12-6-4-5-11(12)14-8-7-13(17)15-9-2-1-3-10-15/h11-12,14,16H,1-10H2/t11-,12-/m0/s1. The van der Waals surface area contributed by atoms with Gasteiger partial charge in [-0.15, -0.1) is 0 Å². The first-order chi connectivity index (χ1) is 8.27. The SMILES string of the molecule is O=C(CCN[C@H]1CCC[C@@H]1O)N1CCCCC1. The summed E-state index contributed by atoms with van der Waals surface area (Å²) in [5.74, 6) is 0.268. The monoisotopic (exact) mass is 240 g/mol. The maximum absolute atomic E-state index is 11.9. The molecule has 1 saturated carbocycles. The molecule has 2 rings (SSSR count). The van der Waals surface area contributed by atoms with Crippen molar-refractivity contribution in [3.63, 3.8) is 0 Å². The van der Waals surface area contributed by atoms with Crippen LogP contribution in [0.1, 0.15) is 44.9 Å². The zero-order chi connectivity index (χ0) is 12.1. The molecule has 1 aliphatic heterocycles. The Hall–Kier alpha value is -0.610. The predicted molar refractivity (Wildman–Crippen MR) is 66.7 cm³/mol. The Kier molecular flexibility index (Phi) is 4.80. The summed E-state index contributed by atoms with van der Waals surface area (Å²) in [6, 6.07) is 0.212. The Balaban J connectivity index is 1.62. The second kappa shape index (κ2) is 6.36. The van der Waals surface area contributed by atoms with Crippen LogP contribution in [0.5, 0.6) is 0 Å². The quantitative estimate of drug-likeness (QED) is 0.767. The van der Waals surface area contributed by atoms with Crippen LogP contribution in [0.4, 0.5) is 0 Å². The summed E-state index contributed by atoms with van der Waals surface area (Å²) in [6.45, 7) is 2.58. The Morgan fingerprint density at radius 1 is 1.18 bits per heavy atom. The van der Waals surface area contributed by atoms with E-state index in [2.05, 4.69) is 5.32 Å². The summed E-state index contributed by atoms with van der Waals surface area (Å²) in [6.07, 6.45) is 6.97. The maximum atomic E-state index is 11.9. The fraction of sp³-hybridized carbons (Fsp3) is 0.923. The molecular formula is C13H24N2O2. The van der Waals surface area contributed by atoms with Crippen LogP contribution in [0.15, 0.2) is 0 Å². The minimum atomic E-state index is -0.208. The highest BCUT2D eigenvalue weighted by Gasteiger charge is 2.24. The molecule has 1 amide bonds. The van der Waals surface area contributed by atoms with Crippen molar-refractivity contribution >= 4 is 5.91 Å². The molecule has 98 valence electrons. The van der Waals surface area contributed by atoms with Gasteiger partial charge in [0.15, 0.2) is 0 Å². The first kappa shape index (κ1) is 12.8. The van der Waals surface area contributed by atoms with E-state index in [-0.39, 0.29) is 18.1 Å². The largest absolute Gasteiger partial charge is 0.392 e. The Bertz CT molecular complexity index is 252. The second-order valence-corrected chi connectivity index (χ2v) is 5.25. The minimum absolute atomic E-state index is 0.208. The number of hydrogen-bond donors (Lipinski definition) is 2. The molecule has 0 radical (unpaired) electrons. The number of carbonyl (C=O) groups is 1. The van der Waals surface area contributed by atoms with E-state index in [0.717, 1.165) is 45.2 Å². The van der Waals surface area contributed by atoms with Crippen molar-refractivity contribution in [2.24, 2.45) is 0 Å². The van der Waals surface area contributed by atoms with Crippen LogP contribution >= 0.6 is 0 Å². The van der Waals surface area contributed by atoms with Crippen molar-refractivity contribution in [3.05, 3.63) is 0 Å². The highest BCUT2D eigenvalue weighted by atomic mass is 16.3. The van der Waals surface area contributed by atoms with Crippen LogP contribution in [0, 0.1) is 0 Å². The van der Waals surface area contributed by atoms with Crippen molar-refractivity contribution < 1.29 is 9.90 Å². The van der Waals surface area contributed by atoms with Gasteiger partial charge in [0.2, 0.25) is 5.91 Å². The van der Waals surface area contributed by atoms with Gasteiger partial charge in [-0.3, -0.25) is 4.79 Å². The van der Waals surface area contributed by atoms with E-state index in [1.54, 1.807) is 0 Å². The third kappa shape index (κ3) is 3.68. The third-order valence-electron chi connectivity index (χ3n) is 3.93. The normalized spacial score (nSPS) is 29.6. The molecule has 2 atom stereocenters. The molecule has 1 heterocycles. The number of likely N-dealkylation sites (tertiary alicyclic amines) is 1. The van der Waals surface area contributed by atoms with Gasteiger partial charge in [0.25, 0.3) is 0 Å². The van der Waals surface area contributed by atoms with Crippen molar-refractivity contribution in [1.82, 2.24) is 10.2 Å². The Labute approximate surface area is 103 Å². The number of aliphatic hydroxyl groups excluding tert-OH is 1. The van der Waals surface area contributed by atoms with Gasteiger partial charge >= 0.3 is 0 Å². The van der Waals surface area contributed by atoms with E-state index in [4.69, 9.17) is 0 Å². The zero-order valence-electron chi connectivity index (χ0n) is 10.5. The molecule has 4 heteroatoms. The number of aliphatic hydroxyl groups is 1. The molecule has 1 aliphatic carbocycles. The van der Waals surface area contributed by atoms with Crippen LogP contribution in [0.2, 0.25) is 0 Å². The average Bonchev–Trinajstić information content (AvgIpc) is 2.76. The van der Waals surface area contributed by atoms with Crippen LogP contribution in [-0.4, -0.2) is 47.7 Å². The molecule has 0 unspecified atom stereocenters.